The lowest BCUT2D eigenvalue weighted by Crippen LogP contribution is -2.34. The van der Waals surface area contributed by atoms with Crippen molar-refractivity contribution in [2.24, 2.45) is 0 Å². The first-order chi connectivity index (χ1) is 11.7. The molecule has 25 heavy (non-hydrogen) atoms. The molecule has 1 aromatic carbocycles. The molecule has 1 aliphatic rings. The van der Waals surface area contributed by atoms with Gasteiger partial charge in [-0.05, 0) is 37.5 Å². The molecular formula is C16H17F3N2O4. The summed E-state index contributed by atoms with van der Waals surface area (Å²) in [6.07, 6.45) is 0.495. The van der Waals surface area contributed by atoms with E-state index >= 15 is 0 Å². The van der Waals surface area contributed by atoms with E-state index in [0.29, 0.717) is 0 Å². The van der Waals surface area contributed by atoms with E-state index in [-0.39, 0.29) is 23.0 Å². The molecule has 0 unspecified atom stereocenters. The van der Waals surface area contributed by atoms with Crippen LogP contribution in [0.4, 0.5) is 23.7 Å². The number of carbonyl (C=O) groups excluding carboxylic acids is 2. The molecule has 0 heterocycles. The van der Waals surface area contributed by atoms with E-state index in [4.69, 9.17) is 0 Å². The van der Waals surface area contributed by atoms with Gasteiger partial charge in [-0.25, -0.2) is 4.79 Å². The molecule has 2 rings (SSSR count). The molecule has 0 aromatic heterocycles. The predicted octanol–water partition coefficient (Wildman–Crippen LogP) is 3.34. The second kappa shape index (κ2) is 7.91. The van der Waals surface area contributed by atoms with Crippen LogP contribution < -0.4 is 10.6 Å². The maximum Gasteiger partial charge on any atom is 0.422 e. The normalized spacial score (nSPS) is 17.0. The van der Waals surface area contributed by atoms with Crippen molar-refractivity contribution in [1.29, 1.82) is 0 Å². The molecule has 2 amide bonds. The standard InChI is InChI=1S/C16H17F3N2O4/c17-16(18,19)9-25-15(24)21-11-6-7-13(22)12(8-11)14(23)20-10-4-2-1-3-5-10/h2,4,6-8,10,22H,1,3,5,9H2,(H,20,23)(H,21,24)/t10-/m0/s1. The second-order valence-corrected chi connectivity index (χ2v) is 5.49. The monoisotopic (exact) mass is 358 g/mol. The number of benzene rings is 1. The highest BCUT2D eigenvalue weighted by atomic mass is 19.4. The third-order valence-corrected chi connectivity index (χ3v) is 3.43. The first-order valence-corrected chi connectivity index (χ1v) is 7.56. The van der Waals surface area contributed by atoms with Crippen LogP contribution in [0.1, 0.15) is 29.6 Å². The molecule has 6 nitrogen and oxygen atoms in total. The number of aromatic hydroxyl groups is 1. The minimum absolute atomic E-state index is 0.0225. The number of hydrogen-bond donors (Lipinski definition) is 3. The number of rotatable bonds is 4. The van der Waals surface area contributed by atoms with Gasteiger partial charge in [-0.3, -0.25) is 10.1 Å². The van der Waals surface area contributed by atoms with Crippen LogP contribution in [0.15, 0.2) is 30.4 Å². The lowest BCUT2D eigenvalue weighted by atomic mass is 10.0. The van der Waals surface area contributed by atoms with E-state index in [1.165, 1.54) is 6.07 Å². The fourth-order valence-corrected chi connectivity index (χ4v) is 2.28. The average Bonchev–Trinajstić information content (AvgIpc) is 2.55. The Morgan fingerprint density at radius 3 is 2.72 bits per heavy atom. The number of amides is 2. The Kier molecular flexibility index (Phi) is 5.89. The highest BCUT2D eigenvalue weighted by Gasteiger charge is 2.29. The molecule has 9 heteroatoms. The number of phenols is 1. The smallest absolute Gasteiger partial charge is 0.422 e. The fraction of sp³-hybridized carbons (Fsp3) is 0.375. The summed E-state index contributed by atoms with van der Waals surface area (Å²) in [6.45, 7) is -1.72. The van der Waals surface area contributed by atoms with Crippen molar-refractivity contribution in [1.82, 2.24) is 5.32 Å². The molecule has 0 saturated heterocycles. The van der Waals surface area contributed by atoms with Gasteiger partial charge in [-0.1, -0.05) is 12.2 Å². The van der Waals surface area contributed by atoms with E-state index in [0.717, 1.165) is 31.4 Å². The number of phenolic OH excluding ortho intramolecular Hbond substituents is 1. The summed E-state index contributed by atoms with van der Waals surface area (Å²) in [5, 5.41) is 14.6. The zero-order valence-electron chi connectivity index (χ0n) is 13.1. The summed E-state index contributed by atoms with van der Waals surface area (Å²) in [5.41, 5.74) is -0.0816. The lowest BCUT2D eigenvalue weighted by Gasteiger charge is -2.18. The van der Waals surface area contributed by atoms with Crippen molar-refractivity contribution in [3.05, 3.63) is 35.9 Å². The van der Waals surface area contributed by atoms with Gasteiger partial charge < -0.3 is 15.2 Å². The highest BCUT2D eigenvalue weighted by Crippen LogP contribution is 2.23. The molecule has 0 bridgehead atoms. The molecule has 3 N–H and O–H groups in total. The molecular weight excluding hydrogens is 341 g/mol. The van der Waals surface area contributed by atoms with E-state index in [1.807, 2.05) is 12.2 Å². The SMILES string of the molecule is O=C(Nc1ccc(O)c(C(=O)N[C@H]2C=CCCC2)c1)OCC(F)(F)F. The molecule has 136 valence electrons. The van der Waals surface area contributed by atoms with Gasteiger partial charge in [0, 0.05) is 11.7 Å². The molecule has 0 saturated carbocycles. The van der Waals surface area contributed by atoms with Crippen molar-refractivity contribution in [3.63, 3.8) is 0 Å². The first kappa shape index (κ1) is 18.6. The number of carbonyl (C=O) groups is 2. The maximum atomic E-state index is 12.2. The van der Waals surface area contributed by atoms with E-state index in [1.54, 1.807) is 0 Å². The van der Waals surface area contributed by atoms with Crippen LogP contribution in [0.5, 0.6) is 5.75 Å². The third kappa shape index (κ3) is 6.02. The van der Waals surface area contributed by atoms with Gasteiger partial charge in [0.15, 0.2) is 6.61 Å². The molecule has 1 aliphatic carbocycles. The Morgan fingerprint density at radius 2 is 2.08 bits per heavy atom. The molecule has 1 atom stereocenters. The lowest BCUT2D eigenvalue weighted by molar-refractivity contribution is -0.159. The minimum Gasteiger partial charge on any atom is -0.507 e. The Hall–Kier alpha value is -2.71. The summed E-state index contributed by atoms with van der Waals surface area (Å²) in [5.74, 6) is -0.868. The van der Waals surface area contributed by atoms with Crippen LogP contribution >= 0.6 is 0 Å². The minimum atomic E-state index is -4.63. The predicted molar refractivity (Wildman–Crippen MR) is 83.4 cm³/mol. The number of anilines is 1. The van der Waals surface area contributed by atoms with Gasteiger partial charge in [0.2, 0.25) is 0 Å². The van der Waals surface area contributed by atoms with Gasteiger partial charge in [0.1, 0.15) is 5.75 Å². The van der Waals surface area contributed by atoms with Gasteiger partial charge in [0.05, 0.1) is 5.56 Å². The summed E-state index contributed by atoms with van der Waals surface area (Å²) in [7, 11) is 0. The van der Waals surface area contributed by atoms with Crippen LogP contribution in [0, 0.1) is 0 Å². The Labute approximate surface area is 141 Å². The third-order valence-electron chi connectivity index (χ3n) is 3.43. The van der Waals surface area contributed by atoms with Gasteiger partial charge in [0.25, 0.3) is 5.91 Å². The first-order valence-electron chi connectivity index (χ1n) is 7.56. The maximum absolute atomic E-state index is 12.2. The summed E-state index contributed by atoms with van der Waals surface area (Å²) >= 11 is 0. The number of nitrogens with one attached hydrogen (secondary N) is 2. The van der Waals surface area contributed by atoms with Crippen molar-refractivity contribution < 1.29 is 32.6 Å². The van der Waals surface area contributed by atoms with E-state index < -0.39 is 24.8 Å². The van der Waals surface area contributed by atoms with Gasteiger partial charge in [-0.2, -0.15) is 13.2 Å². The number of ether oxygens (including phenoxy) is 1. The van der Waals surface area contributed by atoms with Crippen LogP contribution in [0.3, 0.4) is 0 Å². The second-order valence-electron chi connectivity index (χ2n) is 5.49. The van der Waals surface area contributed by atoms with Crippen LogP contribution in [0.25, 0.3) is 0 Å². The van der Waals surface area contributed by atoms with Crippen LogP contribution in [-0.4, -0.2) is 35.9 Å². The van der Waals surface area contributed by atoms with Crippen molar-refractivity contribution in [2.45, 2.75) is 31.5 Å². The average molecular weight is 358 g/mol. The number of allylic oxidation sites excluding steroid dienone is 1. The Bertz CT molecular complexity index is 674. The number of hydrogen-bond acceptors (Lipinski definition) is 4. The fourth-order valence-electron chi connectivity index (χ4n) is 2.28. The van der Waals surface area contributed by atoms with Crippen LogP contribution in [-0.2, 0) is 4.74 Å². The van der Waals surface area contributed by atoms with E-state index in [9.17, 15) is 27.9 Å². The molecule has 0 aliphatic heterocycles. The van der Waals surface area contributed by atoms with Crippen molar-refractivity contribution in [2.75, 3.05) is 11.9 Å². The van der Waals surface area contributed by atoms with Crippen LogP contribution in [0.2, 0.25) is 0 Å². The molecule has 1 aromatic rings. The molecule has 0 fully saturated rings. The summed E-state index contributed by atoms with van der Waals surface area (Å²) < 4.78 is 40.0. The Balaban J connectivity index is 2.01. The topological polar surface area (TPSA) is 87.7 Å². The summed E-state index contributed by atoms with van der Waals surface area (Å²) in [6, 6.07) is 3.40. The number of alkyl halides is 3. The van der Waals surface area contributed by atoms with E-state index in [2.05, 4.69) is 15.4 Å². The summed E-state index contributed by atoms with van der Waals surface area (Å²) in [4.78, 5) is 23.6. The molecule has 0 spiro atoms. The van der Waals surface area contributed by atoms with Crippen molar-refractivity contribution >= 4 is 17.7 Å². The van der Waals surface area contributed by atoms with Gasteiger partial charge in [-0.15, -0.1) is 0 Å². The number of halogens is 3. The van der Waals surface area contributed by atoms with Crippen molar-refractivity contribution in [3.8, 4) is 5.75 Å². The molecule has 0 radical (unpaired) electrons. The zero-order chi connectivity index (χ0) is 18.4. The highest BCUT2D eigenvalue weighted by molar-refractivity contribution is 5.99. The zero-order valence-corrected chi connectivity index (χ0v) is 13.1. The quantitative estimate of drug-likeness (QED) is 0.569. The Morgan fingerprint density at radius 1 is 1.32 bits per heavy atom. The largest absolute Gasteiger partial charge is 0.507 e. The van der Waals surface area contributed by atoms with Gasteiger partial charge >= 0.3 is 12.3 Å².